The molecule has 1 aliphatic rings. The zero-order chi connectivity index (χ0) is 17.7. The van der Waals surface area contributed by atoms with Crippen LogP contribution in [-0.2, 0) is 17.5 Å². The van der Waals surface area contributed by atoms with Crippen LogP contribution in [0.4, 0.5) is 18.0 Å². The zero-order valence-electron chi connectivity index (χ0n) is 13.4. The largest absolute Gasteiger partial charge is 0.435 e. The van der Waals surface area contributed by atoms with Gasteiger partial charge in [0.2, 0.25) is 0 Å². The highest BCUT2D eigenvalue weighted by Crippen LogP contribution is 2.27. The molecule has 1 aliphatic heterocycles. The van der Waals surface area contributed by atoms with Crippen LogP contribution < -0.4 is 11.1 Å². The van der Waals surface area contributed by atoms with Gasteiger partial charge in [0.1, 0.15) is 0 Å². The molecule has 7 nitrogen and oxygen atoms in total. The molecule has 0 unspecified atom stereocenters. The number of halogens is 3. The number of likely N-dealkylation sites (tertiary alicyclic amines) is 1. The van der Waals surface area contributed by atoms with Gasteiger partial charge < -0.3 is 20.7 Å². The average Bonchev–Trinajstić information content (AvgIpc) is 3.14. The quantitative estimate of drug-likeness (QED) is 0.799. The van der Waals surface area contributed by atoms with Crippen molar-refractivity contribution >= 4 is 6.03 Å². The van der Waals surface area contributed by atoms with Gasteiger partial charge in [-0.05, 0) is 19.5 Å². The molecule has 0 radical (unpaired) electrons. The maximum atomic E-state index is 12.5. The average molecular weight is 349 g/mol. The fourth-order valence-electron chi connectivity index (χ4n) is 2.66. The lowest BCUT2D eigenvalue weighted by atomic mass is 10.1. The SMILES string of the molecule is CCO[C@@H]1CN(C(=O)NCCn2ccc(C(F)(F)F)n2)C[C@H]1CN. The van der Waals surface area contributed by atoms with E-state index in [9.17, 15) is 18.0 Å². The van der Waals surface area contributed by atoms with E-state index in [1.54, 1.807) is 4.90 Å². The predicted molar refractivity (Wildman–Crippen MR) is 80.2 cm³/mol. The molecule has 136 valence electrons. The van der Waals surface area contributed by atoms with Crippen molar-refractivity contribution in [2.75, 3.05) is 32.8 Å². The van der Waals surface area contributed by atoms with Gasteiger partial charge in [-0.2, -0.15) is 18.3 Å². The molecule has 2 amide bonds. The lowest BCUT2D eigenvalue weighted by molar-refractivity contribution is -0.141. The van der Waals surface area contributed by atoms with E-state index in [-0.39, 0.29) is 31.1 Å². The van der Waals surface area contributed by atoms with Gasteiger partial charge >= 0.3 is 12.2 Å². The summed E-state index contributed by atoms with van der Waals surface area (Å²) in [7, 11) is 0. The van der Waals surface area contributed by atoms with Crippen molar-refractivity contribution in [2.45, 2.75) is 25.7 Å². The van der Waals surface area contributed by atoms with Crippen molar-refractivity contribution in [3.8, 4) is 0 Å². The highest BCUT2D eigenvalue weighted by atomic mass is 19.4. The van der Waals surface area contributed by atoms with Crippen molar-refractivity contribution in [1.29, 1.82) is 0 Å². The number of urea groups is 1. The molecule has 3 N–H and O–H groups in total. The highest BCUT2D eigenvalue weighted by Gasteiger charge is 2.35. The first kappa shape index (κ1) is 18.5. The van der Waals surface area contributed by atoms with Crippen molar-refractivity contribution < 1.29 is 22.7 Å². The fraction of sp³-hybridized carbons (Fsp3) is 0.714. The number of rotatable bonds is 6. The Hall–Kier alpha value is -1.81. The molecule has 10 heteroatoms. The number of carbonyl (C=O) groups excluding carboxylic acids is 1. The van der Waals surface area contributed by atoms with Crippen LogP contribution in [0.3, 0.4) is 0 Å². The lowest BCUT2D eigenvalue weighted by Crippen LogP contribution is -2.40. The number of aromatic nitrogens is 2. The molecule has 1 fully saturated rings. The number of hydrogen-bond donors (Lipinski definition) is 2. The molecule has 2 rings (SSSR count). The number of carbonyl (C=O) groups is 1. The summed E-state index contributed by atoms with van der Waals surface area (Å²) < 4.78 is 44.1. The number of ether oxygens (including phenoxy) is 1. The number of alkyl halides is 3. The van der Waals surface area contributed by atoms with Crippen molar-refractivity contribution in [2.24, 2.45) is 11.7 Å². The summed E-state index contributed by atoms with van der Waals surface area (Å²) in [4.78, 5) is 13.7. The third-order valence-corrected chi connectivity index (χ3v) is 3.90. The van der Waals surface area contributed by atoms with Gasteiger partial charge in [-0.25, -0.2) is 4.79 Å². The second-order valence-electron chi connectivity index (χ2n) is 5.59. The second-order valence-corrected chi connectivity index (χ2v) is 5.59. The van der Waals surface area contributed by atoms with Crippen LogP contribution in [-0.4, -0.2) is 59.6 Å². The summed E-state index contributed by atoms with van der Waals surface area (Å²) in [6.45, 7) is 4.18. The Morgan fingerprint density at radius 2 is 2.25 bits per heavy atom. The highest BCUT2D eigenvalue weighted by molar-refractivity contribution is 5.74. The summed E-state index contributed by atoms with van der Waals surface area (Å²) >= 11 is 0. The van der Waals surface area contributed by atoms with Crippen molar-refractivity contribution in [3.05, 3.63) is 18.0 Å². The van der Waals surface area contributed by atoms with Crippen LogP contribution in [0.2, 0.25) is 0 Å². The summed E-state index contributed by atoms with van der Waals surface area (Å²) in [5, 5.41) is 6.10. The van der Waals surface area contributed by atoms with E-state index in [1.165, 1.54) is 6.20 Å². The number of amides is 2. The normalized spacial score (nSPS) is 21.3. The third-order valence-electron chi connectivity index (χ3n) is 3.90. The standard InChI is InChI=1S/C14H22F3N5O2/c1-2-24-11-9-21(8-10(11)7-18)13(23)19-4-6-22-5-3-12(20-22)14(15,16)17/h3,5,10-11H,2,4,6-9,18H2,1H3,(H,19,23)/t10-,11-/m1/s1. The molecule has 1 aromatic heterocycles. The number of nitrogens with one attached hydrogen (secondary N) is 1. The first-order valence-electron chi connectivity index (χ1n) is 7.80. The van der Waals surface area contributed by atoms with Crippen LogP contribution in [0.15, 0.2) is 12.3 Å². The summed E-state index contributed by atoms with van der Waals surface area (Å²) in [6, 6.07) is 0.625. The van der Waals surface area contributed by atoms with E-state index in [1.807, 2.05) is 6.92 Å². The van der Waals surface area contributed by atoms with Gasteiger partial charge in [0.05, 0.1) is 12.6 Å². The number of nitrogens with two attached hydrogens (primary N) is 1. The molecule has 0 aromatic carbocycles. The Morgan fingerprint density at radius 1 is 1.50 bits per heavy atom. The van der Waals surface area contributed by atoms with Crippen LogP contribution in [0.5, 0.6) is 0 Å². The van der Waals surface area contributed by atoms with Crippen LogP contribution in [0.25, 0.3) is 0 Å². The van der Waals surface area contributed by atoms with E-state index in [2.05, 4.69) is 10.4 Å². The molecule has 0 saturated carbocycles. The minimum absolute atomic E-state index is 0.0776. The zero-order valence-corrected chi connectivity index (χ0v) is 13.4. The maximum absolute atomic E-state index is 12.5. The summed E-state index contributed by atoms with van der Waals surface area (Å²) in [6.07, 6.45) is -3.30. The molecular formula is C14H22F3N5O2. The van der Waals surface area contributed by atoms with Gasteiger partial charge in [-0.3, -0.25) is 4.68 Å². The summed E-state index contributed by atoms with van der Waals surface area (Å²) in [5.74, 6) is 0.0937. The Kier molecular flexibility index (Phi) is 6.05. The van der Waals surface area contributed by atoms with E-state index < -0.39 is 11.9 Å². The van der Waals surface area contributed by atoms with Gasteiger partial charge in [-0.15, -0.1) is 0 Å². The monoisotopic (exact) mass is 349 g/mol. The Morgan fingerprint density at radius 3 is 2.83 bits per heavy atom. The second kappa shape index (κ2) is 7.84. The molecule has 2 heterocycles. The molecule has 24 heavy (non-hydrogen) atoms. The van der Waals surface area contributed by atoms with Gasteiger partial charge in [0, 0.05) is 38.4 Å². The predicted octanol–water partition coefficient (Wildman–Crippen LogP) is 0.907. The first-order chi connectivity index (χ1) is 11.3. The molecule has 1 aromatic rings. The minimum atomic E-state index is -4.46. The Balaban J connectivity index is 1.78. The van der Waals surface area contributed by atoms with Crippen LogP contribution in [0.1, 0.15) is 12.6 Å². The molecular weight excluding hydrogens is 327 g/mol. The van der Waals surface area contributed by atoms with Gasteiger partial charge in [-0.1, -0.05) is 0 Å². The van der Waals surface area contributed by atoms with Crippen molar-refractivity contribution in [3.63, 3.8) is 0 Å². The van der Waals surface area contributed by atoms with Crippen molar-refractivity contribution in [1.82, 2.24) is 20.0 Å². The maximum Gasteiger partial charge on any atom is 0.435 e. The first-order valence-corrected chi connectivity index (χ1v) is 7.80. The molecule has 0 aliphatic carbocycles. The van der Waals surface area contributed by atoms with Crippen LogP contribution >= 0.6 is 0 Å². The van der Waals surface area contributed by atoms with Gasteiger partial charge in [0.15, 0.2) is 5.69 Å². The van der Waals surface area contributed by atoms with E-state index in [0.717, 1.165) is 10.7 Å². The Bertz CT molecular complexity index is 549. The third kappa shape index (κ3) is 4.60. The molecule has 0 spiro atoms. The number of nitrogens with zero attached hydrogens (tertiary/aromatic N) is 3. The molecule has 2 atom stereocenters. The topological polar surface area (TPSA) is 85.4 Å². The van der Waals surface area contributed by atoms with E-state index in [0.29, 0.717) is 26.2 Å². The van der Waals surface area contributed by atoms with Gasteiger partial charge in [0.25, 0.3) is 0 Å². The number of hydrogen-bond acceptors (Lipinski definition) is 4. The Labute approximate surface area is 137 Å². The van der Waals surface area contributed by atoms with Crippen LogP contribution in [0, 0.1) is 5.92 Å². The van der Waals surface area contributed by atoms with E-state index >= 15 is 0 Å². The minimum Gasteiger partial charge on any atom is -0.376 e. The lowest BCUT2D eigenvalue weighted by Gasteiger charge is -2.17. The smallest absolute Gasteiger partial charge is 0.376 e. The summed E-state index contributed by atoms with van der Waals surface area (Å²) in [5.41, 5.74) is 4.74. The molecule has 0 bridgehead atoms. The van der Waals surface area contributed by atoms with E-state index in [4.69, 9.17) is 10.5 Å². The fourth-order valence-corrected chi connectivity index (χ4v) is 2.66. The molecule has 1 saturated heterocycles.